The summed E-state index contributed by atoms with van der Waals surface area (Å²) in [5.74, 6) is -2.05. The van der Waals surface area contributed by atoms with Crippen LogP contribution in [0.4, 0.5) is 8.78 Å². The van der Waals surface area contributed by atoms with Crippen LogP contribution in [-0.4, -0.2) is 30.1 Å². The molecule has 0 saturated heterocycles. The summed E-state index contributed by atoms with van der Waals surface area (Å²) < 4.78 is 29.4. The molecule has 12 heteroatoms. The molecule has 156 valence electrons. The lowest BCUT2D eigenvalue weighted by molar-refractivity contribution is -0.114. The molecule has 1 aliphatic heterocycles. The number of nitrogens with two attached hydrogens (primary N) is 1. The summed E-state index contributed by atoms with van der Waals surface area (Å²) in [5.41, 5.74) is 5.33. The molecule has 2 aromatic heterocycles. The van der Waals surface area contributed by atoms with E-state index >= 15 is 0 Å². The number of amides is 1. The number of thioether (sulfide) groups is 1. The van der Waals surface area contributed by atoms with Crippen molar-refractivity contribution in [2.75, 3.05) is 0 Å². The van der Waals surface area contributed by atoms with E-state index in [9.17, 15) is 18.4 Å². The molecule has 3 heterocycles. The fraction of sp³-hybridized carbons (Fsp3) is 0.222. The predicted octanol–water partition coefficient (Wildman–Crippen LogP) is 2.25. The second-order valence-electron chi connectivity index (χ2n) is 6.53. The van der Waals surface area contributed by atoms with Crippen LogP contribution in [0.25, 0.3) is 0 Å². The van der Waals surface area contributed by atoms with Gasteiger partial charge in [0, 0.05) is 23.3 Å². The lowest BCUT2D eigenvalue weighted by atomic mass is 10.2. The van der Waals surface area contributed by atoms with E-state index in [1.807, 2.05) is 10.3 Å². The molecule has 0 bridgehead atoms. The Balaban J connectivity index is 1.65. The van der Waals surface area contributed by atoms with Gasteiger partial charge in [-0.05, 0) is 24.6 Å². The Bertz CT molecular complexity index is 1170. The van der Waals surface area contributed by atoms with Gasteiger partial charge in [0.25, 0.3) is 5.91 Å². The van der Waals surface area contributed by atoms with E-state index in [4.69, 9.17) is 5.73 Å². The molecule has 30 heavy (non-hydrogen) atoms. The number of carbonyl (C=O) groups excluding carboxylic acids is 1. The van der Waals surface area contributed by atoms with Crippen LogP contribution in [0.15, 0.2) is 51.5 Å². The topological polar surface area (TPSA) is 99.0 Å². The van der Waals surface area contributed by atoms with Gasteiger partial charge in [0.05, 0.1) is 18.0 Å². The average molecular weight is 450 g/mol. The minimum absolute atomic E-state index is 0.0978. The quantitative estimate of drug-likeness (QED) is 0.619. The highest BCUT2D eigenvalue weighted by atomic mass is 32.2. The maximum absolute atomic E-state index is 13.5. The van der Waals surface area contributed by atoms with Crippen LogP contribution >= 0.6 is 23.1 Å². The third-order valence-electron chi connectivity index (χ3n) is 4.51. The number of thiazole rings is 1. The standard InChI is InChI=1S/C18H16F2N6O2S2/c1-10-15(16(21)27)30-18(24(10)8-14-22-2-3-29-14)25-9-23-26(17(25)28)7-11-4-12(19)6-13(20)5-11/h2-6,9,18H,7-8H2,1H3,(H2,21,27). The first-order chi connectivity index (χ1) is 14.3. The van der Waals surface area contributed by atoms with Crippen LogP contribution in [-0.2, 0) is 17.9 Å². The first kappa shape index (κ1) is 20.3. The Morgan fingerprint density at radius 3 is 2.60 bits per heavy atom. The molecule has 0 fully saturated rings. The summed E-state index contributed by atoms with van der Waals surface area (Å²) in [6.07, 6.45) is 3.01. The van der Waals surface area contributed by atoms with E-state index in [0.29, 0.717) is 17.1 Å². The summed E-state index contributed by atoms with van der Waals surface area (Å²) >= 11 is 2.60. The third-order valence-corrected chi connectivity index (χ3v) is 6.70. The lowest BCUT2D eigenvalue weighted by Crippen LogP contribution is -2.33. The first-order valence-electron chi connectivity index (χ1n) is 8.74. The van der Waals surface area contributed by atoms with Gasteiger partial charge >= 0.3 is 5.69 Å². The van der Waals surface area contributed by atoms with Gasteiger partial charge in [-0.1, -0.05) is 11.8 Å². The van der Waals surface area contributed by atoms with Gasteiger partial charge in [-0.25, -0.2) is 23.2 Å². The van der Waals surface area contributed by atoms with Crippen LogP contribution in [0, 0.1) is 11.6 Å². The number of rotatable bonds is 6. The van der Waals surface area contributed by atoms with Crippen molar-refractivity contribution in [3.8, 4) is 0 Å². The predicted molar refractivity (Wildman–Crippen MR) is 108 cm³/mol. The minimum atomic E-state index is -0.732. The maximum Gasteiger partial charge on any atom is 0.348 e. The maximum atomic E-state index is 13.5. The average Bonchev–Trinajstić information content (AvgIpc) is 3.37. The number of nitrogens with zero attached hydrogens (tertiary/aromatic N) is 5. The normalized spacial score (nSPS) is 16.5. The van der Waals surface area contributed by atoms with Crippen molar-refractivity contribution in [2.24, 2.45) is 5.73 Å². The van der Waals surface area contributed by atoms with Gasteiger partial charge in [-0.3, -0.25) is 9.36 Å². The van der Waals surface area contributed by atoms with E-state index in [2.05, 4.69) is 10.1 Å². The monoisotopic (exact) mass is 450 g/mol. The number of primary amides is 1. The summed E-state index contributed by atoms with van der Waals surface area (Å²) in [5, 5.41) is 6.72. The number of allylic oxidation sites excluding steroid dienone is 1. The molecule has 1 atom stereocenters. The molecule has 2 N–H and O–H groups in total. The van der Waals surface area contributed by atoms with Crippen LogP contribution in [0.2, 0.25) is 0 Å². The highest BCUT2D eigenvalue weighted by molar-refractivity contribution is 8.04. The largest absolute Gasteiger partial charge is 0.365 e. The highest BCUT2D eigenvalue weighted by Gasteiger charge is 2.35. The Kier molecular flexibility index (Phi) is 5.43. The third kappa shape index (κ3) is 3.87. The van der Waals surface area contributed by atoms with Gasteiger partial charge in [0.1, 0.15) is 23.0 Å². The molecule has 0 aliphatic carbocycles. The van der Waals surface area contributed by atoms with E-state index in [1.54, 1.807) is 13.1 Å². The number of hydrogen-bond acceptors (Lipinski definition) is 7. The molecule has 1 unspecified atom stereocenters. The fourth-order valence-corrected chi connectivity index (χ4v) is 5.00. The molecule has 0 spiro atoms. The number of aromatic nitrogens is 4. The zero-order chi connectivity index (χ0) is 21.4. The van der Waals surface area contributed by atoms with Crippen molar-refractivity contribution in [1.82, 2.24) is 24.2 Å². The molecule has 1 aliphatic rings. The molecule has 0 radical (unpaired) electrons. The van der Waals surface area contributed by atoms with E-state index in [-0.39, 0.29) is 12.1 Å². The Morgan fingerprint density at radius 2 is 1.97 bits per heavy atom. The van der Waals surface area contributed by atoms with Crippen LogP contribution in [0.5, 0.6) is 0 Å². The SMILES string of the molecule is CC1=C(C(N)=O)SC(n2cnn(Cc3cc(F)cc(F)c3)c2=O)N1Cc1nccs1. The summed E-state index contributed by atoms with van der Waals surface area (Å²) in [4.78, 5) is 31.3. The molecule has 4 rings (SSSR count). The van der Waals surface area contributed by atoms with Crippen molar-refractivity contribution in [2.45, 2.75) is 25.5 Å². The zero-order valence-electron chi connectivity index (χ0n) is 15.7. The lowest BCUT2D eigenvalue weighted by Gasteiger charge is -2.26. The van der Waals surface area contributed by atoms with Crippen molar-refractivity contribution >= 4 is 29.0 Å². The van der Waals surface area contributed by atoms with Gasteiger partial charge in [-0.15, -0.1) is 11.3 Å². The van der Waals surface area contributed by atoms with Crippen molar-refractivity contribution in [3.05, 3.63) is 79.4 Å². The fourth-order valence-electron chi connectivity index (χ4n) is 3.15. The zero-order valence-corrected chi connectivity index (χ0v) is 17.3. The molecule has 1 amide bonds. The molecule has 1 aromatic carbocycles. The van der Waals surface area contributed by atoms with Crippen molar-refractivity contribution in [1.29, 1.82) is 0 Å². The van der Waals surface area contributed by atoms with Crippen molar-refractivity contribution < 1.29 is 13.6 Å². The highest BCUT2D eigenvalue weighted by Crippen LogP contribution is 2.44. The molecular formula is C18H16F2N6O2S2. The van der Waals surface area contributed by atoms with E-state index in [1.165, 1.54) is 22.2 Å². The summed E-state index contributed by atoms with van der Waals surface area (Å²) in [6, 6.07) is 3.05. The van der Waals surface area contributed by atoms with Crippen LogP contribution in [0.3, 0.4) is 0 Å². The summed E-state index contributed by atoms with van der Waals surface area (Å²) in [7, 11) is 0. The Morgan fingerprint density at radius 1 is 1.23 bits per heavy atom. The van der Waals surface area contributed by atoms with Crippen LogP contribution in [0.1, 0.15) is 23.0 Å². The molecular weight excluding hydrogens is 434 g/mol. The summed E-state index contributed by atoms with van der Waals surface area (Å²) in [6.45, 7) is 2.04. The second kappa shape index (κ2) is 8.03. The number of halogens is 2. The molecule has 3 aromatic rings. The smallest absolute Gasteiger partial charge is 0.348 e. The van der Waals surface area contributed by atoms with Gasteiger partial charge < -0.3 is 10.6 Å². The molecule has 8 nitrogen and oxygen atoms in total. The molecule has 0 saturated carbocycles. The first-order valence-corrected chi connectivity index (χ1v) is 10.5. The Labute approximate surface area is 177 Å². The van der Waals surface area contributed by atoms with E-state index in [0.717, 1.165) is 39.7 Å². The Hall–Kier alpha value is -2.99. The van der Waals surface area contributed by atoms with Gasteiger partial charge in [-0.2, -0.15) is 5.10 Å². The number of benzene rings is 1. The second-order valence-corrected chi connectivity index (χ2v) is 8.58. The van der Waals surface area contributed by atoms with E-state index < -0.39 is 28.7 Å². The minimum Gasteiger partial charge on any atom is -0.365 e. The van der Waals surface area contributed by atoms with Crippen LogP contribution < -0.4 is 11.4 Å². The van der Waals surface area contributed by atoms with Gasteiger partial charge in [0.2, 0.25) is 0 Å². The van der Waals surface area contributed by atoms with Crippen molar-refractivity contribution in [3.63, 3.8) is 0 Å². The number of hydrogen-bond donors (Lipinski definition) is 1. The van der Waals surface area contributed by atoms with Gasteiger partial charge in [0.15, 0.2) is 5.50 Å². The number of carbonyl (C=O) groups is 1.